The molecule has 142 valence electrons. The van der Waals surface area contributed by atoms with Gasteiger partial charge in [0.25, 0.3) is 0 Å². The normalized spacial score (nSPS) is 20.1. The van der Waals surface area contributed by atoms with E-state index >= 15 is 0 Å². The van der Waals surface area contributed by atoms with E-state index in [1.807, 2.05) is 34.2 Å². The molecule has 3 heterocycles. The molecule has 2 amide bonds. The van der Waals surface area contributed by atoms with Gasteiger partial charge in [-0.05, 0) is 24.8 Å². The minimum absolute atomic E-state index is 0.0880. The van der Waals surface area contributed by atoms with Gasteiger partial charge in [-0.25, -0.2) is 4.98 Å². The first-order valence-corrected chi connectivity index (χ1v) is 9.80. The van der Waals surface area contributed by atoms with Gasteiger partial charge in [0.15, 0.2) is 0 Å². The fraction of sp³-hybridized carbons (Fsp3) is 0.476. The maximum absolute atomic E-state index is 13.3. The summed E-state index contributed by atoms with van der Waals surface area (Å²) in [5.41, 5.74) is 2.22. The van der Waals surface area contributed by atoms with Crippen molar-refractivity contribution in [1.82, 2.24) is 19.4 Å². The van der Waals surface area contributed by atoms with E-state index in [0.29, 0.717) is 19.6 Å². The highest BCUT2D eigenvalue weighted by molar-refractivity contribution is 5.83. The highest BCUT2D eigenvalue weighted by Gasteiger charge is 2.33. The van der Waals surface area contributed by atoms with E-state index in [4.69, 9.17) is 0 Å². The van der Waals surface area contributed by atoms with Gasteiger partial charge in [-0.3, -0.25) is 9.59 Å². The van der Waals surface area contributed by atoms with Crippen molar-refractivity contribution in [3.05, 3.63) is 42.4 Å². The zero-order chi connectivity index (χ0) is 18.8. The Morgan fingerprint density at radius 3 is 2.48 bits per heavy atom. The molecule has 1 atom stereocenters. The zero-order valence-corrected chi connectivity index (χ0v) is 15.8. The molecule has 0 spiro atoms. The lowest BCUT2D eigenvalue weighted by Gasteiger charge is -2.29. The summed E-state index contributed by atoms with van der Waals surface area (Å²) in [4.78, 5) is 33.3. The van der Waals surface area contributed by atoms with Crippen LogP contribution in [0.4, 0.5) is 0 Å². The summed E-state index contributed by atoms with van der Waals surface area (Å²) in [7, 11) is 0. The molecule has 0 radical (unpaired) electrons. The van der Waals surface area contributed by atoms with Crippen LogP contribution < -0.4 is 0 Å². The molecule has 1 unspecified atom stereocenters. The molecular formula is C21H26N4O2. The van der Waals surface area contributed by atoms with Crippen molar-refractivity contribution < 1.29 is 9.59 Å². The van der Waals surface area contributed by atoms with E-state index in [1.165, 1.54) is 0 Å². The highest BCUT2D eigenvalue weighted by Crippen LogP contribution is 2.33. The third kappa shape index (κ3) is 3.48. The number of benzene rings is 1. The maximum Gasteiger partial charge on any atom is 0.233 e. The molecule has 6 nitrogen and oxygen atoms in total. The van der Waals surface area contributed by atoms with Crippen LogP contribution in [0, 0.1) is 0 Å². The van der Waals surface area contributed by atoms with Crippen LogP contribution >= 0.6 is 0 Å². The van der Waals surface area contributed by atoms with Gasteiger partial charge in [-0.2, -0.15) is 0 Å². The number of fused-ring (bicyclic) bond motifs is 1. The number of nitrogens with zero attached hydrogens (tertiary/aromatic N) is 4. The molecule has 27 heavy (non-hydrogen) atoms. The summed E-state index contributed by atoms with van der Waals surface area (Å²) < 4.78 is 2.21. The van der Waals surface area contributed by atoms with Gasteiger partial charge in [0, 0.05) is 39.6 Å². The monoisotopic (exact) mass is 366 g/mol. The minimum atomic E-state index is -0.180. The molecule has 2 aliphatic heterocycles. The Balaban J connectivity index is 1.55. The number of amides is 2. The van der Waals surface area contributed by atoms with Crippen molar-refractivity contribution in [1.29, 1.82) is 0 Å². The molecule has 1 aromatic carbocycles. The number of aromatic nitrogens is 2. The third-order valence-electron chi connectivity index (χ3n) is 5.69. The number of rotatable bonds is 2. The lowest BCUT2D eigenvalue weighted by Crippen LogP contribution is -2.40. The number of hydrogen-bond acceptors (Lipinski definition) is 3. The zero-order valence-electron chi connectivity index (χ0n) is 15.8. The largest absolute Gasteiger partial charge is 0.341 e. The minimum Gasteiger partial charge on any atom is -0.341 e. The molecular weight excluding hydrogens is 340 g/mol. The van der Waals surface area contributed by atoms with Crippen LogP contribution in [0.15, 0.2) is 36.5 Å². The standard InChI is InChI=1S/C21H26N4O2/c1-16(26)23-10-6-11-24(14-13-23)21(27)18-9-5-12-25-19(15-22-20(18)25)17-7-3-2-4-8-17/h2-4,7-8,15,18H,5-6,9-14H2,1H3. The van der Waals surface area contributed by atoms with Crippen molar-refractivity contribution in [2.45, 2.75) is 38.6 Å². The quantitative estimate of drug-likeness (QED) is 0.821. The van der Waals surface area contributed by atoms with Crippen molar-refractivity contribution in [2.24, 2.45) is 0 Å². The lowest BCUT2D eigenvalue weighted by molar-refractivity contribution is -0.134. The number of carbonyl (C=O) groups is 2. The van der Waals surface area contributed by atoms with Gasteiger partial charge in [0.05, 0.1) is 17.8 Å². The van der Waals surface area contributed by atoms with E-state index in [2.05, 4.69) is 21.7 Å². The molecule has 2 aromatic rings. The second-order valence-corrected chi connectivity index (χ2v) is 7.40. The molecule has 0 saturated carbocycles. The predicted molar refractivity (Wildman–Crippen MR) is 103 cm³/mol. The summed E-state index contributed by atoms with van der Waals surface area (Å²) in [6.07, 6.45) is 4.56. The molecule has 2 aliphatic rings. The van der Waals surface area contributed by atoms with Crippen LogP contribution in [-0.4, -0.2) is 57.3 Å². The van der Waals surface area contributed by atoms with E-state index in [9.17, 15) is 9.59 Å². The molecule has 1 aromatic heterocycles. The van der Waals surface area contributed by atoms with Crippen molar-refractivity contribution in [2.75, 3.05) is 26.2 Å². The molecule has 4 rings (SSSR count). The Labute approximate surface area is 159 Å². The maximum atomic E-state index is 13.3. The van der Waals surface area contributed by atoms with Crippen LogP contribution in [0.1, 0.15) is 37.9 Å². The van der Waals surface area contributed by atoms with Gasteiger partial charge in [-0.1, -0.05) is 30.3 Å². The first-order valence-electron chi connectivity index (χ1n) is 9.80. The summed E-state index contributed by atoms with van der Waals surface area (Å²) >= 11 is 0. The number of carbonyl (C=O) groups excluding carboxylic acids is 2. The average molecular weight is 366 g/mol. The Morgan fingerprint density at radius 2 is 1.70 bits per heavy atom. The molecule has 0 aliphatic carbocycles. The SMILES string of the molecule is CC(=O)N1CCCN(C(=O)C2CCCn3c(-c4ccccc4)cnc32)CC1. The van der Waals surface area contributed by atoms with Crippen molar-refractivity contribution >= 4 is 11.8 Å². The summed E-state index contributed by atoms with van der Waals surface area (Å²) in [5.74, 6) is 0.953. The first-order chi connectivity index (χ1) is 13.1. The van der Waals surface area contributed by atoms with Crippen LogP contribution in [0.5, 0.6) is 0 Å². The van der Waals surface area contributed by atoms with E-state index in [1.54, 1.807) is 6.92 Å². The van der Waals surface area contributed by atoms with Crippen molar-refractivity contribution in [3.8, 4) is 11.3 Å². The van der Waals surface area contributed by atoms with Crippen LogP contribution in [0.2, 0.25) is 0 Å². The van der Waals surface area contributed by atoms with Crippen molar-refractivity contribution in [3.63, 3.8) is 0 Å². The summed E-state index contributed by atoms with van der Waals surface area (Å²) in [5, 5.41) is 0. The predicted octanol–water partition coefficient (Wildman–Crippen LogP) is 2.51. The van der Waals surface area contributed by atoms with Gasteiger partial charge in [0.2, 0.25) is 11.8 Å². The van der Waals surface area contributed by atoms with Gasteiger partial charge in [0.1, 0.15) is 5.82 Å². The summed E-state index contributed by atoms with van der Waals surface area (Å²) in [6.45, 7) is 5.18. The Bertz CT molecular complexity index is 830. The smallest absolute Gasteiger partial charge is 0.233 e. The molecule has 0 N–H and O–H groups in total. The van der Waals surface area contributed by atoms with E-state index in [-0.39, 0.29) is 17.7 Å². The number of imidazole rings is 1. The second kappa shape index (κ2) is 7.55. The van der Waals surface area contributed by atoms with E-state index < -0.39 is 0 Å². The average Bonchev–Trinajstić information content (AvgIpc) is 2.97. The summed E-state index contributed by atoms with van der Waals surface area (Å²) in [6, 6.07) is 10.2. The van der Waals surface area contributed by atoms with Crippen LogP contribution in [0.3, 0.4) is 0 Å². The number of hydrogen-bond donors (Lipinski definition) is 0. The lowest BCUT2D eigenvalue weighted by atomic mass is 9.96. The topological polar surface area (TPSA) is 58.4 Å². The molecule has 6 heteroatoms. The Kier molecular flexibility index (Phi) is 4.97. The fourth-order valence-electron chi connectivity index (χ4n) is 4.23. The Morgan fingerprint density at radius 1 is 0.963 bits per heavy atom. The van der Waals surface area contributed by atoms with Gasteiger partial charge < -0.3 is 14.4 Å². The molecule has 1 saturated heterocycles. The first kappa shape index (κ1) is 17.8. The molecule has 1 fully saturated rings. The van der Waals surface area contributed by atoms with Crippen LogP contribution in [-0.2, 0) is 16.1 Å². The second-order valence-electron chi connectivity index (χ2n) is 7.40. The third-order valence-corrected chi connectivity index (χ3v) is 5.69. The van der Waals surface area contributed by atoms with Gasteiger partial charge in [-0.15, -0.1) is 0 Å². The Hall–Kier alpha value is -2.63. The molecule has 0 bridgehead atoms. The fourth-order valence-corrected chi connectivity index (χ4v) is 4.23. The highest BCUT2D eigenvalue weighted by atomic mass is 16.2. The van der Waals surface area contributed by atoms with E-state index in [0.717, 1.165) is 49.4 Å². The van der Waals surface area contributed by atoms with Crippen LogP contribution in [0.25, 0.3) is 11.3 Å². The van der Waals surface area contributed by atoms with Gasteiger partial charge >= 0.3 is 0 Å².